The van der Waals surface area contributed by atoms with Crippen molar-refractivity contribution < 1.29 is 4.79 Å². The van der Waals surface area contributed by atoms with E-state index in [-0.39, 0.29) is 11.9 Å². The number of aromatic nitrogens is 2. The molecule has 2 N–H and O–H groups in total. The summed E-state index contributed by atoms with van der Waals surface area (Å²) in [5.41, 5.74) is 0.816. The van der Waals surface area contributed by atoms with Crippen molar-refractivity contribution in [3.05, 3.63) is 18.1 Å². The molecule has 1 atom stereocenters. The number of rotatable bonds is 2. The van der Waals surface area contributed by atoms with Gasteiger partial charge in [-0.05, 0) is 19.8 Å². The topological polar surface area (TPSA) is 66.9 Å². The predicted molar refractivity (Wildman–Crippen MR) is 56.4 cm³/mol. The van der Waals surface area contributed by atoms with Crippen LogP contribution in [0.25, 0.3) is 0 Å². The summed E-state index contributed by atoms with van der Waals surface area (Å²) in [6.07, 6.45) is 5.11. The molecule has 0 saturated carbocycles. The van der Waals surface area contributed by atoms with Crippen molar-refractivity contribution in [3.63, 3.8) is 0 Å². The number of anilines is 1. The van der Waals surface area contributed by atoms with Crippen molar-refractivity contribution in [2.75, 3.05) is 11.9 Å². The molecule has 5 heteroatoms. The van der Waals surface area contributed by atoms with Crippen LogP contribution in [0.2, 0.25) is 0 Å². The van der Waals surface area contributed by atoms with E-state index in [2.05, 4.69) is 20.6 Å². The first-order valence-corrected chi connectivity index (χ1v) is 5.09. The van der Waals surface area contributed by atoms with Gasteiger partial charge in [-0.2, -0.15) is 0 Å². The summed E-state index contributed by atoms with van der Waals surface area (Å²) in [7, 11) is 0. The molecule has 1 aliphatic heterocycles. The molecule has 0 aromatic carbocycles. The van der Waals surface area contributed by atoms with E-state index in [0.717, 1.165) is 25.1 Å². The van der Waals surface area contributed by atoms with E-state index in [9.17, 15) is 4.79 Å². The van der Waals surface area contributed by atoms with E-state index in [1.54, 1.807) is 12.4 Å². The van der Waals surface area contributed by atoms with Gasteiger partial charge in [0.25, 0.3) is 0 Å². The van der Waals surface area contributed by atoms with Gasteiger partial charge >= 0.3 is 0 Å². The Bertz CT molecular complexity index is 366. The second-order valence-corrected chi connectivity index (χ2v) is 3.62. The Morgan fingerprint density at radius 3 is 3.00 bits per heavy atom. The molecule has 2 heterocycles. The maximum atomic E-state index is 11.5. The van der Waals surface area contributed by atoms with Crippen molar-refractivity contribution >= 4 is 11.7 Å². The van der Waals surface area contributed by atoms with Crippen LogP contribution in [0.5, 0.6) is 0 Å². The van der Waals surface area contributed by atoms with Gasteiger partial charge in [-0.3, -0.25) is 9.78 Å². The molecular weight excluding hydrogens is 192 g/mol. The second kappa shape index (κ2) is 4.25. The van der Waals surface area contributed by atoms with E-state index >= 15 is 0 Å². The Kier molecular flexibility index (Phi) is 2.80. The fourth-order valence-electron chi connectivity index (χ4n) is 1.62. The van der Waals surface area contributed by atoms with Crippen LogP contribution in [0, 0.1) is 6.92 Å². The molecule has 1 aliphatic rings. The number of carbonyl (C=O) groups is 1. The van der Waals surface area contributed by atoms with Gasteiger partial charge in [-0.1, -0.05) is 0 Å². The number of hydrogen-bond acceptors (Lipinski definition) is 4. The van der Waals surface area contributed by atoms with E-state index in [1.165, 1.54) is 0 Å². The van der Waals surface area contributed by atoms with Crippen LogP contribution in [-0.4, -0.2) is 28.5 Å². The molecule has 1 unspecified atom stereocenters. The third-order valence-corrected chi connectivity index (χ3v) is 2.48. The molecule has 15 heavy (non-hydrogen) atoms. The molecule has 5 nitrogen and oxygen atoms in total. The Hall–Kier alpha value is -1.65. The average Bonchev–Trinajstić information content (AvgIpc) is 2.24. The van der Waals surface area contributed by atoms with Crippen molar-refractivity contribution in [1.82, 2.24) is 15.3 Å². The fourth-order valence-corrected chi connectivity index (χ4v) is 1.62. The van der Waals surface area contributed by atoms with Gasteiger partial charge in [0.2, 0.25) is 5.91 Å². The summed E-state index contributed by atoms with van der Waals surface area (Å²) in [4.78, 5) is 19.8. The first-order chi connectivity index (χ1) is 7.27. The highest BCUT2D eigenvalue weighted by Crippen LogP contribution is 2.12. The third kappa shape index (κ3) is 2.23. The molecule has 1 aromatic heterocycles. The quantitative estimate of drug-likeness (QED) is 0.738. The van der Waals surface area contributed by atoms with Crippen LogP contribution < -0.4 is 10.6 Å². The molecule has 1 amide bonds. The minimum absolute atomic E-state index is 0.0475. The van der Waals surface area contributed by atoms with Crippen molar-refractivity contribution in [3.8, 4) is 0 Å². The van der Waals surface area contributed by atoms with E-state index < -0.39 is 0 Å². The first kappa shape index (κ1) is 9.89. The lowest BCUT2D eigenvalue weighted by Gasteiger charge is -2.23. The van der Waals surface area contributed by atoms with Crippen LogP contribution in [0.15, 0.2) is 12.4 Å². The van der Waals surface area contributed by atoms with Crippen molar-refractivity contribution in [1.29, 1.82) is 0 Å². The van der Waals surface area contributed by atoms with Crippen molar-refractivity contribution in [2.45, 2.75) is 25.8 Å². The Labute approximate surface area is 88.3 Å². The van der Waals surface area contributed by atoms with Crippen LogP contribution in [0.3, 0.4) is 0 Å². The van der Waals surface area contributed by atoms with Crippen LogP contribution in [0.4, 0.5) is 5.82 Å². The zero-order chi connectivity index (χ0) is 10.7. The zero-order valence-electron chi connectivity index (χ0n) is 8.66. The number of piperidine rings is 1. The SMILES string of the molecule is Cc1nccnc1NC1CCCNC1=O. The van der Waals surface area contributed by atoms with Gasteiger partial charge in [0.15, 0.2) is 0 Å². The highest BCUT2D eigenvalue weighted by atomic mass is 16.2. The standard InChI is InChI=1S/C10H14N4O/c1-7-9(12-6-5-11-7)14-8-3-2-4-13-10(8)15/h5-6,8H,2-4H2,1H3,(H,12,14)(H,13,15). The molecule has 2 rings (SSSR count). The zero-order valence-corrected chi connectivity index (χ0v) is 8.66. The summed E-state index contributed by atoms with van der Waals surface area (Å²) in [5.74, 6) is 0.742. The molecule has 1 fully saturated rings. The summed E-state index contributed by atoms with van der Waals surface area (Å²) in [6, 6.07) is -0.172. The first-order valence-electron chi connectivity index (χ1n) is 5.09. The summed E-state index contributed by atoms with van der Waals surface area (Å²) < 4.78 is 0. The molecule has 0 bridgehead atoms. The van der Waals surface area contributed by atoms with Gasteiger partial charge in [0.05, 0.1) is 5.69 Å². The number of hydrogen-bond donors (Lipinski definition) is 2. The highest BCUT2D eigenvalue weighted by molar-refractivity contribution is 5.85. The normalized spacial score (nSPS) is 20.9. The number of carbonyl (C=O) groups excluding carboxylic acids is 1. The maximum Gasteiger partial charge on any atom is 0.242 e. The largest absolute Gasteiger partial charge is 0.357 e. The van der Waals surface area contributed by atoms with Gasteiger partial charge in [-0.15, -0.1) is 0 Å². The minimum Gasteiger partial charge on any atom is -0.357 e. The molecule has 80 valence electrons. The minimum atomic E-state index is -0.172. The average molecular weight is 206 g/mol. The number of aryl methyl sites for hydroxylation is 1. The number of amides is 1. The van der Waals surface area contributed by atoms with E-state index in [0.29, 0.717) is 5.82 Å². The molecule has 1 saturated heterocycles. The summed E-state index contributed by atoms with van der Waals surface area (Å²) >= 11 is 0. The lowest BCUT2D eigenvalue weighted by atomic mass is 10.1. The van der Waals surface area contributed by atoms with Crippen molar-refractivity contribution in [2.24, 2.45) is 0 Å². The predicted octanol–water partition coefficient (Wildman–Crippen LogP) is 0.476. The lowest BCUT2D eigenvalue weighted by molar-refractivity contribution is -0.123. The molecule has 1 aromatic rings. The number of nitrogens with zero attached hydrogens (tertiary/aromatic N) is 2. The van der Waals surface area contributed by atoms with Gasteiger partial charge in [0.1, 0.15) is 11.9 Å². The second-order valence-electron chi connectivity index (χ2n) is 3.62. The molecule has 0 spiro atoms. The van der Waals surface area contributed by atoms with E-state index in [1.807, 2.05) is 6.92 Å². The van der Waals surface area contributed by atoms with Gasteiger partial charge < -0.3 is 10.6 Å². The Balaban J connectivity index is 2.08. The summed E-state index contributed by atoms with van der Waals surface area (Å²) in [6.45, 7) is 2.65. The van der Waals surface area contributed by atoms with Crippen LogP contribution in [0.1, 0.15) is 18.5 Å². The monoisotopic (exact) mass is 206 g/mol. The van der Waals surface area contributed by atoms with Crippen LogP contribution >= 0.6 is 0 Å². The third-order valence-electron chi connectivity index (χ3n) is 2.48. The Morgan fingerprint density at radius 2 is 2.27 bits per heavy atom. The smallest absolute Gasteiger partial charge is 0.242 e. The molecule has 0 aliphatic carbocycles. The molecular formula is C10H14N4O. The highest BCUT2D eigenvalue weighted by Gasteiger charge is 2.22. The molecule has 0 radical (unpaired) electrons. The Morgan fingerprint density at radius 1 is 1.47 bits per heavy atom. The van der Waals surface area contributed by atoms with Gasteiger partial charge in [0, 0.05) is 18.9 Å². The van der Waals surface area contributed by atoms with E-state index in [4.69, 9.17) is 0 Å². The van der Waals surface area contributed by atoms with Crippen LogP contribution in [-0.2, 0) is 4.79 Å². The summed E-state index contributed by atoms with van der Waals surface area (Å²) in [5, 5.41) is 5.94. The van der Waals surface area contributed by atoms with Gasteiger partial charge in [-0.25, -0.2) is 4.98 Å². The maximum absolute atomic E-state index is 11.5. The number of nitrogens with one attached hydrogen (secondary N) is 2. The fraction of sp³-hybridized carbons (Fsp3) is 0.500. The lowest BCUT2D eigenvalue weighted by Crippen LogP contribution is -2.44.